The lowest BCUT2D eigenvalue weighted by Crippen LogP contribution is -2.29. The quantitative estimate of drug-likeness (QED) is 0.555. The van der Waals surface area contributed by atoms with Crippen LogP contribution in [0.5, 0.6) is 5.75 Å². The van der Waals surface area contributed by atoms with Gasteiger partial charge in [0.25, 0.3) is 5.91 Å². The molecule has 0 atom stereocenters. The molecule has 1 aromatic rings. The van der Waals surface area contributed by atoms with E-state index in [0.29, 0.717) is 17.9 Å². The number of rotatable bonds is 8. The number of ether oxygens (including phenoxy) is 1. The monoisotopic (exact) mass is 355 g/mol. The first-order valence-electron chi connectivity index (χ1n) is 6.63. The van der Waals surface area contributed by atoms with E-state index < -0.39 is 5.97 Å². The summed E-state index contributed by atoms with van der Waals surface area (Å²) >= 11 is 3.32. The molecule has 0 aliphatic carbocycles. The van der Waals surface area contributed by atoms with E-state index in [1.807, 2.05) is 0 Å². The number of unbranched alkanes of at least 4 members (excludes halogenated alkanes) is 1. The first kappa shape index (κ1) is 17.2. The number of halogens is 1. The fourth-order valence-corrected chi connectivity index (χ4v) is 1.88. The van der Waals surface area contributed by atoms with Crippen molar-refractivity contribution in [2.24, 2.45) is 0 Å². The highest BCUT2D eigenvalue weighted by atomic mass is 79.9. The second-order valence-corrected chi connectivity index (χ2v) is 5.20. The van der Waals surface area contributed by atoms with E-state index in [1.165, 1.54) is 6.08 Å². The van der Waals surface area contributed by atoms with E-state index in [4.69, 9.17) is 9.84 Å². The molecular weight excluding hydrogens is 338 g/mol. The zero-order chi connectivity index (χ0) is 15.7. The van der Waals surface area contributed by atoms with Gasteiger partial charge in [-0.25, -0.2) is 4.79 Å². The Morgan fingerprint density at radius 2 is 2.19 bits per heavy atom. The molecule has 21 heavy (non-hydrogen) atoms. The lowest BCUT2D eigenvalue weighted by atomic mass is 10.2. The van der Waals surface area contributed by atoms with Crippen LogP contribution in [0.4, 0.5) is 0 Å². The number of hydrogen-bond donors (Lipinski definition) is 2. The van der Waals surface area contributed by atoms with Gasteiger partial charge in [-0.3, -0.25) is 4.79 Å². The number of amides is 1. The van der Waals surface area contributed by atoms with Crippen LogP contribution in [0, 0.1) is 0 Å². The third-order valence-corrected chi connectivity index (χ3v) is 3.32. The molecule has 1 rings (SSSR count). The third kappa shape index (κ3) is 6.94. The summed E-state index contributed by atoms with van der Waals surface area (Å²) < 4.78 is 6.14. The Morgan fingerprint density at radius 3 is 2.86 bits per heavy atom. The van der Waals surface area contributed by atoms with Gasteiger partial charge in [-0.1, -0.05) is 29.3 Å². The average molecular weight is 356 g/mol. The van der Waals surface area contributed by atoms with Crippen molar-refractivity contribution in [3.8, 4) is 5.75 Å². The predicted molar refractivity (Wildman–Crippen MR) is 84.2 cm³/mol. The first-order chi connectivity index (χ1) is 10.0. The zero-order valence-electron chi connectivity index (χ0n) is 11.8. The Bertz CT molecular complexity index is 528. The van der Waals surface area contributed by atoms with Gasteiger partial charge in [0.15, 0.2) is 6.61 Å². The molecule has 0 aromatic heterocycles. The molecule has 1 aromatic carbocycles. The van der Waals surface area contributed by atoms with E-state index in [2.05, 4.69) is 28.2 Å². The number of carbonyl (C=O) groups is 2. The summed E-state index contributed by atoms with van der Waals surface area (Å²) in [6.07, 6.45) is 4.46. The molecule has 0 radical (unpaired) electrons. The van der Waals surface area contributed by atoms with Crippen molar-refractivity contribution in [2.75, 3.05) is 13.2 Å². The van der Waals surface area contributed by atoms with Crippen LogP contribution in [0.1, 0.15) is 25.3 Å². The molecule has 0 aliphatic rings. The standard InChI is InChI=1S/C15H18BrNO4/c1-2-3-8-17-14(18)10-21-12-5-6-13(16)11(9-12)4-7-15(19)20/h4-7,9H,2-3,8,10H2,1H3,(H,17,18)(H,19,20)/b7-4+. The van der Waals surface area contributed by atoms with E-state index in [1.54, 1.807) is 18.2 Å². The first-order valence-corrected chi connectivity index (χ1v) is 7.42. The highest BCUT2D eigenvalue weighted by molar-refractivity contribution is 9.10. The number of carbonyl (C=O) groups excluding carboxylic acids is 1. The SMILES string of the molecule is CCCCNC(=O)COc1ccc(Br)c(/C=C/C(=O)O)c1. The molecule has 0 unspecified atom stereocenters. The fraction of sp³-hybridized carbons (Fsp3) is 0.333. The summed E-state index contributed by atoms with van der Waals surface area (Å²) in [6.45, 7) is 2.63. The maximum atomic E-state index is 11.5. The molecule has 0 fully saturated rings. The van der Waals surface area contributed by atoms with Crippen LogP contribution in [-0.2, 0) is 9.59 Å². The van der Waals surface area contributed by atoms with Gasteiger partial charge in [-0.15, -0.1) is 0 Å². The lowest BCUT2D eigenvalue weighted by molar-refractivity contribution is -0.131. The minimum Gasteiger partial charge on any atom is -0.484 e. The molecule has 0 aliphatic heterocycles. The van der Waals surface area contributed by atoms with Gasteiger partial charge in [-0.05, 0) is 36.3 Å². The van der Waals surface area contributed by atoms with E-state index in [-0.39, 0.29) is 12.5 Å². The van der Waals surface area contributed by atoms with E-state index in [0.717, 1.165) is 23.4 Å². The van der Waals surface area contributed by atoms with Crippen molar-refractivity contribution in [3.05, 3.63) is 34.3 Å². The number of hydrogen-bond acceptors (Lipinski definition) is 3. The molecule has 0 saturated heterocycles. The van der Waals surface area contributed by atoms with Crippen molar-refractivity contribution in [1.29, 1.82) is 0 Å². The molecule has 6 heteroatoms. The average Bonchev–Trinajstić information content (AvgIpc) is 2.45. The Morgan fingerprint density at radius 1 is 1.43 bits per heavy atom. The molecule has 2 N–H and O–H groups in total. The minimum absolute atomic E-state index is 0.0621. The summed E-state index contributed by atoms with van der Waals surface area (Å²) in [5, 5.41) is 11.4. The van der Waals surface area contributed by atoms with Crippen LogP contribution >= 0.6 is 15.9 Å². The topological polar surface area (TPSA) is 75.6 Å². The van der Waals surface area contributed by atoms with Crippen LogP contribution in [0.2, 0.25) is 0 Å². The smallest absolute Gasteiger partial charge is 0.328 e. The van der Waals surface area contributed by atoms with Crippen molar-refractivity contribution < 1.29 is 19.4 Å². The van der Waals surface area contributed by atoms with Crippen molar-refractivity contribution >= 4 is 33.9 Å². The van der Waals surface area contributed by atoms with E-state index >= 15 is 0 Å². The normalized spacial score (nSPS) is 10.6. The minimum atomic E-state index is -1.02. The Balaban J connectivity index is 2.58. The summed E-state index contributed by atoms with van der Waals surface area (Å²) in [5.74, 6) is -0.689. The van der Waals surface area contributed by atoms with Crippen LogP contribution in [0.25, 0.3) is 6.08 Å². The maximum Gasteiger partial charge on any atom is 0.328 e. The summed E-state index contributed by atoms with van der Waals surface area (Å²) in [6, 6.07) is 5.12. The van der Waals surface area contributed by atoms with Gasteiger partial charge in [0.1, 0.15) is 5.75 Å². The highest BCUT2D eigenvalue weighted by Gasteiger charge is 2.04. The van der Waals surface area contributed by atoms with Crippen molar-refractivity contribution in [3.63, 3.8) is 0 Å². The third-order valence-electron chi connectivity index (χ3n) is 2.60. The van der Waals surface area contributed by atoms with Crippen molar-refractivity contribution in [2.45, 2.75) is 19.8 Å². The molecule has 0 saturated carbocycles. The van der Waals surface area contributed by atoms with Crippen LogP contribution in [0.3, 0.4) is 0 Å². The number of aliphatic carboxylic acids is 1. The second kappa shape index (κ2) is 9.18. The van der Waals surface area contributed by atoms with Gasteiger partial charge in [0.05, 0.1) is 0 Å². The lowest BCUT2D eigenvalue weighted by Gasteiger charge is -2.08. The molecule has 1 amide bonds. The van der Waals surface area contributed by atoms with Crippen LogP contribution in [-0.4, -0.2) is 30.1 Å². The molecule has 114 valence electrons. The van der Waals surface area contributed by atoms with Gasteiger partial charge >= 0.3 is 5.97 Å². The Kier molecular flexibility index (Phi) is 7.53. The highest BCUT2D eigenvalue weighted by Crippen LogP contribution is 2.23. The largest absolute Gasteiger partial charge is 0.484 e. The van der Waals surface area contributed by atoms with Crippen LogP contribution < -0.4 is 10.1 Å². The predicted octanol–water partition coefficient (Wildman–Crippen LogP) is 2.84. The van der Waals surface area contributed by atoms with Gasteiger partial charge < -0.3 is 15.2 Å². The zero-order valence-corrected chi connectivity index (χ0v) is 13.4. The molecule has 0 heterocycles. The summed E-state index contributed by atoms with van der Waals surface area (Å²) in [4.78, 5) is 22.0. The number of benzene rings is 1. The second-order valence-electron chi connectivity index (χ2n) is 4.35. The number of carboxylic acids is 1. The molecule has 5 nitrogen and oxygen atoms in total. The Labute approximate surface area is 132 Å². The summed E-state index contributed by atoms with van der Waals surface area (Å²) in [7, 11) is 0. The van der Waals surface area contributed by atoms with E-state index in [9.17, 15) is 9.59 Å². The molecular formula is C15H18BrNO4. The van der Waals surface area contributed by atoms with Crippen molar-refractivity contribution in [1.82, 2.24) is 5.32 Å². The number of nitrogens with one attached hydrogen (secondary N) is 1. The molecule has 0 bridgehead atoms. The fourth-order valence-electron chi connectivity index (χ4n) is 1.50. The van der Waals surface area contributed by atoms with Crippen LogP contribution in [0.15, 0.2) is 28.7 Å². The maximum absolute atomic E-state index is 11.5. The summed E-state index contributed by atoms with van der Waals surface area (Å²) in [5.41, 5.74) is 0.668. The molecule has 0 spiro atoms. The number of carboxylic acid groups (broad SMARTS) is 1. The van der Waals surface area contributed by atoms with Gasteiger partial charge in [0.2, 0.25) is 0 Å². The Hall–Kier alpha value is -1.82. The van der Waals surface area contributed by atoms with Gasteiger partial charge in [-0.2, -0.15) is 0 Å². The van der Waals surface area contributed by atoms with Gasteiger partial charge in [0, 0.05) is 17.1 Å².